The zero-order chi connectivity index (χ0) is 10.7. The van der Waals surface area contributed by atoms with Crippen LogP contribution in [0.2, 0.25) is 0 Å². The van der Waals surface area contributed by atoms with E-state index in [1.807, 2.05) is 35.9 Å². The van der Waals surface area contributed by atoms with E-state index in [0.717, 1.165) is 23.8 Å². The Labute approximate surface area is 88.8 Å². The van der Waals surface area contributed by atoms with E-state index in [1.165, 1.54) is 0 Å². The molecule has 0 aliphatic heterocycles. The summed E-state index contributed by atoms with van der Waals surface area (Å²) in [5.41, 5.74) is 6.52. The maximum atomic E-state index is 5.52. The molecule has 0 unspecified atom stereocenters. The van der Waals surface area contributed by atoms with Crippen LogP contribution in [0.5, 0.6) is 0 Å². The Bertz CT molecular complexity index is 447. The van der Waals surface area contributed by atoms with Crippen LogP contribution in [0.25, 0.3) is 5.82 Å². The number of nitrogens with two attached hydrogens (primary N) is 1. The normalized spacial score (nSPS) is 10.5. The average molecular weight is 202 g/mol. The molecule has 0 saturated carbocycles. The molecule has 0 aromatic carbocycles. The summed E-state index contributed by atoms with van der Waals surface area (Å²) < 4.78 is 1.97. The fourth-order valence-corrected chi connectivity index (χ4v) is 1.52. The van der Waals surface area contributed by atoms with E-state index in [1.54, 1.807) is 6.20 Å². The lowest BCUT2D eigenvalue weighted by Crippen LogP contribution is -2.09. The maximum absolute atomic E-state index is 5.52. The standard InChI is InChI=1S/C11H14N4/c1-9-3-2-4-11(14-9)15-8-7-13-10(15)5-6-12/h2-4,7-8H,5-6,12H2,1H3. The van der Waals surface area contributed by atoms with Crippen LogP contribution in [-0.4, -0.2) is 21.1 Å². The van der Waals surface area contributed by atoms with E-state index >= 15 is 0 Å². The van der Waals surface area contributed by atoms with Crippen LogP contribution in [0.1, 0.15) is 11.5 Å². The summed E-state index contributed by atoms with van der Waals surface area (Å²) in [7, 11) is 0. The van der Waals surface area contributed by atoms with Crippen molar-refractivity contribution in [2.45, 2.75) is 13.3 Å². The van der Waals surface area contributed by atoms with Gasteiger partial charge in [0.1, 0.15) is 11.6 Å². The van der Waals surface area contributed by atoms with Gasteiger partial charge in [-0.05, 0) is 25.6 Å². The third-order valence-corrected chi connectivity index (χ3v) is 2.21. The Kier molecular flexibility index (Phi) is 2.78. The van der Waals surface area contributed by atoms with Gasteiger partial charge < -0.3 is 5.73 Å². The van der Waals surface area contributed by atoms with Crippen molar-refractivity contribution in [3.05, 3.63) is 42.1 Å². The van der Waals surface area contributed by atoms with Crippen LogP contribution < -0.4 is 5.73 Å². The molecular formula is C11H14N4. The molecule has 78 valence electrons. The Morgan fingerprint density at radius 1 is 1.40 bits per heavy atom. The van der Waals surface area contributed by atoms with Crippen molar-refractivity contribution in [3.63, 3.8) is 0 Å². The van der Waals surface area contributed by atoms with Gasteiger partial charge in [-0.15, -0.1) is 0 Å². The van der Waals surface area contributed by atoms with Crippen LogP contribution in [0.4, 0.5) is 0 Å². The van der Waals surface area contributed by atoms with Crippen LogP contribution in [0.3, 0.4) is 0 Å². The first-order chi connectivity index (χ1) is 7.31. The molecule has 4 nitrogen and oxygen atoms in total. The molecule has 0 saturated heterocycles. The van der Waals surface area contributed by atoms with E-state index < -0.39 is 0 Å². The van der Waals surface area contributed by atoms with Crippen molar-refractivity contribution < 1.29 is 0 Å². The number of hydrogen-bond acceptors (Lipinski definition) is 3. The quantitative estimate of drug-likeness (QED) is 0.810. The van der Waals surface area contributed by atoms with Gasteiger partial charge in [0.15, 0.2) is 0 Å². The molecule has 0 amide bonds. The molecular weight excluding hydrogens is 188 g/mol. The van der Waals surface area contributed by atoms with E-state index in [-0.39, 0.29) is 0 Å². The van der Waals surface area contributed by atoms with Crippen molar-refractivity contribution in [2.75, 3.05) is 6.54 Å². The van der Waals surface area contributed by atoms with Gasteiger partial charge in [-0.25, -0.2) is 9.97 Å². The molecule has 0 fully saturated rings. The van der Waals surface area contributed by atoms with Crippen LogP contribution in [-0.2, 0) is 6.42 Å². The zero-order valence-electron chi connectivity index (χ0n) is 8.72. The number of aryl methyl sites for hydroxylation is 1. The second kappa shape index (κ2) is 4.23. The molecule has 0 aliphatic carbocycles. The number of aromatic nitrogens is 3. The third-order valence-electron chi connectivity index (χ3n) is 2.21. The summed E-state index contributed by atoms with van der Waals surface area (Å²) in [6.07, 6.45) is 4.45. The number of rotatable bonds is 3. The van der Waals surface area contributed by atoms with Gasteiger partial charge in [0.05, 0.1) is 0 Å². The fraction of sp³-hybridized carbons (Fsp3) is 0.273. The van der Waals surface area contributed by atoms with E-state index in [4.69, 9.17) is 5.73 Å². The molecule has 0 radical (unpaired) electrons. The molecule has 2 aromatic heterocycles. The second-order valence-corrected chi connectivity index (χ2v) is 3.39. The molecule has 2 rings (SSSR count). The first kappa shape index (κ1) is 9.86. The van der Waals surface area contributed by atoms with Crippen molar-refractivity contribution in [1.29, 1.82) is 0 Å². The Morgan fingerprint density at radius 2 is 2.27 bits per heavy atom. The Hall–Kier alpha value is -1.68. The van der Waals surface area contributed by atoms with Gasteiger partial charge in [-0.3, -0.25) is 4.57 Å². The summed E-state index contributed by atoms with van der Waals surface area (Å²) in [4.78, 5) is 8.70. The zero-order valence-corrected chi connectivity index (χ0v) is 8.72. The molecule has 0 bridgehead atoms. The van der Waals surface area contributed by atoms with Gasteiger partial charge in [0, 0.05) is 24.5 Å². The molecule has 0 spiro atoms. The average Bonchev–Trinajstić information content (AvgIpc) is 2.66. The lowest BCUT2D eigenvalue weighted by molar-refractivity contribution is 0.820. The topological polar surface area (TPSA) is 56.7 Å². The fourth-order valence-electron chi connectivity index (χ4n) is 1.52. The number of imidazole rings is 1. The lowest BCUT2D eigenvalue weighted by atomic mass is 10.3. The molecule has 2 aromatic rings. The van der Waals surface area contributed by atoms with Gasteiger partial charge in [-0.1, -0.05) is 6.07 Å². The summed E-state index contributed by atoms with van der Waals surface area (Å²) >= 11 is 0. The highest BCUT2D eigenvalue weighted by atomic mass is 15.1. The summed E-state index contributed by atoms with van der Waals surface area (Å²) in [5.74, 6) is 1.85. The predicted octanol–water partition coefficient (Wildman–Crippen LogP) is 1.08. The van der Waals surface area contributed by atoms with Gasteiger partial charge in [0.25, 0.3) is 0 Å². The van der Waals surface area contributed by atoms with Crippen molar-refractivity contribution >= 4 is 0 Å². The summed E-state index contributed by atoms with van der Waals surface area (Å²) in [6, 6.07) is 5.93. The largest absolute Gasteiger partial charge is 0.330 e. The predicted molar refractivity (Wildman–Crippen MR) is 58.9 cm³/mol. The van der Waals surface area contributed by atoms with Gasteiger partial charge in [0.2, 0.25) is 0 Å². The highest BCUT2D eigenvalue weighted by Crippen LogP contribution is 2.08. The van der Waals surface area contributed by atoms with Crippen LogP contribution >= 0.6 is 0 Å². The minimum atomic E-state index is 0.600. The number of pyridine rings is 1. The maximum Gasteiger partial charge on any atom is 0.138 e. The smallest absolute Gasteiger partial charge is 0.138 e. The van der Waals surface area contributed by atoms with E-state index in [0.29, 0.717) is 6.54 Å². The first-order valence-corrected chi connectivity index (χ1v) is 4.97. The molecule has 15 heavy (non-hydrogen) atoms. The molecule has 0 atom stereocenters. The van der Waals surface area contributed by atoms with E-state index in [2.05, 4.69) is 9.97 Å². The third kappa shape index (κ3) is 2.05. The van der Waals surface area contributed by atoms with Crippen LogP contribution in [0, 0.1) is 6.92 Å². The minimum absolute atomic E-state index is 0.600. The molecule has 2 heterocycles. The summed E-state index contributed by atoms with van der Waals surface area (Å²) in [5, 5.41) is 0. The Balaban J connectivity index is 2.40. The number of nitrogens with zero attached hydrogens (tertiary/aromatic N) is 3. The minimum Gasteiger partial charge on any atom is -0.330 e. The monoisotopic (exact) mass is 202 g/mol. The molecule has 0 aliphatic rings. The second-order valence-electron chi connectivity index (χ2n) is 3.39. The lowest BCUT2D eigenvalue weighted by Gasteiger charge is -2.06. The SMILES string of the molecule is Cc1cccc(-n2ccnc2CCN)n1. The van der Waals surface area contributed by atoms with Crippen LogP contribution in [0.15, 0.2) is 30.6 Å². The van der Waals surface area contributed by atoms with Crippen molar-refractivity contribution in [1.82, 2.24) is 14.5 Å². The van der Waals surface area contributed by atoms with Crippen molar-refractivity contribution in [2.24, 2.45) is 5.73 Å². The molecule has 2 N–H and O–H groups in total. The highest BCUT2D eigenvalue weighted by Gasteiger charge is 2.04. The molecule has 4 heteroatoms. The summed E-state index contributed by atoms with van der Waals surface area (Å²) in [6.45, 7) is 2.58. The van der Waals surface area contributed by atoms with Crippen molar-refractivity contribution in [3.8, 4) is 5.82 Å². The first-order valence-electron chi connectivity index (χ1n) is 4.97. The van der Waals surface area contributed by atoms with E-state index in [9.17, 15) is 0 Å². The number of hydrogen-bond donors (Lipinski definition) is 1. The Morgan fingerprint density at radius 3 is 3.00 bits per heavy atom. The van der Waals surface area contributed by atoms with Gasteiger partial charge >= 0.3 is 0 Å². The van der Waals surface area contributed by atoms with Gasteiger partial charge in [-0.2, -0.15) is 0 Å². The highest BCUT2D eigenvalue weighted by molar-refractivity contribution is 5.26.